The first-order chi connectivity index (χ1) is 3.27. The minimum Gasteiger partial charge on any atom is -0.310 e. The van der Waals surface area contributed by atoms with Gasteiger partial charge in [-0.1, -0.05) is 15.9 Å². The van der Waals surface area contributed by atoms with E-state index >= 15 is 0 Å². The Morgan fingerprint density at radius 1 is 1.62 bits per heavy atom. The van der Waals surface area contributed by atoms with E-state index in [-0.39, 0.29) is 12.4 Å². The van der Waals surface area contributed by atoms with Crippen molar-refractivity contribution in [2.75, 3.05) is 18.4 Å². The Hall–Kier alpha value is 0.660. The van der Waals surface area contributed by atoms with Gasteiger partial charge >= 0.3 is 0 Å². The molecular weight excluding hydrogens is 196 g/mol. The first-order valence-corrected chi connectivity index (χ1v) is 3.35. The van der Waals surface area contributed by atoms with Crippen LogP contribution in [0.1, 0.15) is 0 Å². The van der Waals surface area contributed by atoms with Crippen molar-refractivity contribution < 1.29 is 4.39 Å². The highest BCUT2D eigenvalue weighted by atomic mass is 79.9. The summed E-state index contributed by atoms with van der Waals surface area (Å²) in [5.74, 6) is 0. The molecule has 50 valence electrons. The van der Waals surface area contributed by atoms with E-state index in [2.05, 4.69) is 21.2 Å². The largest absolute Gasteiger partial charge is 0.310 e. The summed E-state index contributed by atoms with van der Waals surface area (Å²) in [7, 11) is 0. The van der Waals surface area contributed by atoms with Gasteiger partial charge in [-0.2, -0.15) is 0 Å². The van der Waals surface area contributed by atoms with Crippen LogP contribution in [0.15, 0.2) is 0 Å². The summed E-state index contributed by atoms with van der Waals surface area (Å²) >= 11 is 3.07. The molecule has 0 amide bonds. The van der Waals surface area contributed by atoms with Gasteiger partial charge in [0, 0.05) is 18.4 Å². The first-order valence-electron chi connectivity index (χ1n) is 2.22. The van der Waals surface area contributed by atoms with Crippen LogP contribution >= 0.6 is 28.3 Å². The minimum atomic E-state index is -0.931. The van der Waals surface area contributed by atoms with E-state index in [1.54, 1.807) is 0 Å². The van der Waals surface area contributed by atoms with Crippen molar-refractivity contribution in [2.45, 2.75) is 5.67 Å². The number of rotatable bonds is 1. The third-order valence-electron chi connectivity index (χ3n) is 1.12. The molecule has 0 atom stereocenters. The summed E-state index contributed by atoms with van der Waals surface area (Å²) in [5.41, 5.74) is -0.931. The van der Waals surface area contributed by atoms with E-state index in [9.17, 15) is 4.39 Å². The molecule has 1 aliphatic heterocycles. The van der Waals surface area contributed by atoms with Gasteiger partial charge in [-0.15, -0.1) is 12.4 Å². The Labute approximate surface area is 62.6 Å². The van der Waals surface area contributed by atoms with E-state index in [1.165, 1.54) is 0 Å². The van der Waals surface area contributed by atoms with Crippen LogP contribution in [-0.4, -0.2) is 24.1 Å². The molecule has 1 nitrogen and oxygen atoms in total. The van der Waals surface area contributed by atoms with Gasteiger partial charge in [-0.25, -0.2) is 4.39 Å². The maximum atomic E-state index is 12.5. The van der Waals surface area contributed by atoms with Crippen LogP contribution in [0.4, 0.5) is 4.39 Å². The van der Waals surface area contributed by atoms with E-state index in [1.807, 2.05) is 0 Å². The maximum Gasteiger partial charge on any atom is 0.145 e. The Bertz CT molecular complexity index is 70.9. The lowest BCUT2D eigenvalue weighted by atomic mass is 10.0. The number of alkyl halides is 2. The van der Waals surface area contributed by atoms with Gasteiger partial charge in [0.2, 0.25) is 0 Å². The highest BCUT2D eigenvalue weighted by Crippen LogP contribution is 2.18. The Balaban J connectivity index is 0.000000490. The second-order valence-corrected chi connectivity index (χ2v) is 2.45. The molecule has 0 spiro atoms. The lowest BCUT2D eigenvalue weighted by molar-refractivity contribution is 0.120. The average molecular weight is 204 g/mol. The van der Waals surface area contributed by atoms with Gasteiger partial charge in [0.25, 0.3) is 0 Å². The molecule has 0 aromatic carbocycles. The first kappa shape index (κ1) is 8.66. The standard InChI is InChI=1S/C4H7BrFN.ClH/c5-1-4(6)2-7-3-4;/h7H,1-3H2;1H. The van der Waals surface area contributed by atoms with Crippen molar-refractivity contribution in [3.05, 3.63) is 0 Å². The van der Waals surface area contributed by atoms with Crippen LogP contribution in [0.2, 0.25) is 0 Å². The fourth-order valence-electron chi connectivity index (χ4n) is 0.491. The zero-order valence-electron chi connectivity index (χ0n) is 4.29. The molecule has 1 heterocycles. The van der Waals surface area contributed by atoms with Crippen LogP contribution in [0.5, 0.6) is 0 Å². The van der Waals surface area contributed by atoms with Crippen molar-refractivity contribution >= 4 is 28.3 Å². The van der Waals surface area contributed by atoms with Gasteiger partial charge in [0.05, 0.1) is 0 Å². The Kier molecular flexibility index (Phi) is 3.24. The van der Waals surface area contributed by atoms with Crippen molar-refractivity contribution in [1.29, 1.82) is 0 Å². The summed E-state index contributed by atoms with van der Waals surface area (Å²) in [6, 6.07) is 0. The number of hydrogen-bond acceptors (Lipinski definition) is 1. The molecule has 0 bridgehead atoms. The number of halogens is 3. The normalized spacial score (nSPS) is 23.2. The summed E-state index contributed by atoms with van der Waals surface area (Å²) < 4.78 is 12.5. The van der Waals surface area contributed by atoms with Gasteiger partial charge in [-0.05, 0) is 0 Å². The summed E-state index contributed by atoms with van der Waals surface area (Å²) in [6.07, 6.45) is 0. The molecule has 4 heteroatoms. The molecule has 0 aromatic rings. The lowest BCUT2D eigenvalue weighted by Gasteiger charge is -2.32. The predicted octanol–water partition coefficient (Wildman–Crippen LogP) is 1.11. The van der Waals surface area contributed by atoms with Crippen LogP contribution in [0.25, 0.3) is 0 Å². The molecule has 0 radical (unpaired) electrons. The van der Waals surface area contributed by atoms with E-state index < -0.39 is 5.67 Å². The van der Waals surface area contributed by atoms with E-state index in [0.29, 0.717) is 18.4 Å². The Morgan fingerprint density at radius 2 is 2.12 bits per heavy atom. The topological polar surface area (TPSA) is 12.0 Å². The fourth-order valence-corrected chi connectivity index (χ4v) is 0.887. The van der Waals surface area contributed by atoms with Gasteiger partial charge in [-0.3, -0.25) is 0 Å². The minimum absolute atomic E-state index is 0. The monoisotopic (exact) mass is 203 g/mol. The van der Waals surface area contributed by atoms with Crippen LogP contribution in [-0.2, 0) is 0 Å². The quantitative estimate of drug-likeness (QED) is 0.631. The summed E-state index contributed by atoms with van der Waals surface area (Å²) in [5, 5.41) is 3.31. The zero-order valence-corrected chi connectivity index (χ0v) is 6.69. The van der Waals surface area contributed by atoms with Crippen LogP contribution in [0.3, 0.4) is 0 Å². The summed E-state index contributed by atoms with van der Waals surface area (Å²) in [6.45, 7) is 1.02. The Morgan fingerprint density at radius 3 is 2.12 bits per heavy atom. The molecule has 1 N–H and O–H groups in total. The second kappa shape index (κ2) is 2.99. The predicted molar refractivity (Wildman–Crippen MR) is 37.8 cm³/mol. The van der Waals surface area contributed by atoms with Crippen molar-refractivity contribution in [3.8, 4) is 0 Å². The lowest BCUT2D eigenvalue weighted by Crippen LogP contribution is -2.57. The van der Waals surface area contributed by atoms with Gasteiger partial charge < -0.3 is 5.32 Å². The van der Waals surface area contributed by atoms with Crippen molar-refractivity contribution in [2.24, 2.45) is 0 Å². The summed E-state index contributed by atoms with van der Waals surface area (Å²) in [4.78, 5) is 0. The third-order valence-corrected chi connectivity index (χ3v) is 2.13. The van der Waals surface area contributed by atoms with Gasteiger partial charge in [0.1, 0.15) is 5.67 Å². The van der Waals surface area contributed by atoms with Gasteiger partial charge in [0.15, 0.2) is 0 Å². The third kappa shape index (κ3) is 1.57. The van der Waals surface area contributed by atoms with E-state index in [4.69, 9.17) is 0 Å². The molecular formula is C4H8BrClFN. The SMILES string of the molecule is Cl.FC1(CBr)CNC1. The smallest absolute Gasteiger partial charge is 0.145 e. The molecule has 1 fully saturated rings. The molecule has 0 saturated carbocycles. The average Bonchev–Trinajstić information content (AvgIpc) is 1.61. The molecule has 0 unspecified atom stereocenters. The highest BCUT2D eigenvalue weighted by molar-refractivity contribution is 9.09. The molecule has 0 aromatic heterocycles. The molecule has 1 aliphatic rings. The molecule has 8 heavy (non-hydrogen) atoms. The molecule has 1 saturated heterocycles. The van der Waals surface area contributed by atoms with Crippen molar-refractivity contribution in [1.82, 2.24) is 5.32 Å². The van der Waals surface area contributed by atoms with E-state index in [0.717, 1.165) is 0 Å². The number of nitrogens with one attached hydrogen (secondary N) is 1. The van der Waals surface area contributed by atoms with Crippen LogP contribution < -0.4 is 5.32 Å². The van der Waals surface area contributed by atoms with Crippen molar-refractivity contribution in [3.63, 3.8) is 0 Å². The molecule has 1 rings (SSSR count). The van der Waals surface area contributed by atoms with Crippen LogP contribution in [0, 0.1) is 0 Å². The fraction of sp³-hybridized carbons (Fsp3) is 1.00. The highest BCUT2D eigenvalue weighted by Gasteiger charge is 2.35. The maximum absolute atomic E-state index is 12.5. The second-order valence-electron chi connectivity index (χ2n) is 1.89. The molecule has 0 aliphatic carbocycles. The number of hydrogen-bond donors (Lipinski definition) is 1. The zero-order chi connectivity index (χ0) is 5.33.